The maximum Gasteiger partial charge on any atom is 0.411 e. The number of rotatable bonds is 4. The number of benzene rings is 1. The molecule has 1 aromatic rings. The lowest BCUT2D eigenvalue weighted by atomic mass is 10.2. The summed E-state index contributed by atoms with van der Waals surface area (Å²) in [5, 5.41) is 2.41. The number of hydrogen-bond acceptors (Lipinski definition) is 5. The molecular formula is C11H14N2O5S. The van der Waals surface area contributed by atoms with Gasteiger partial charge >= 0.3 is 6.09 Å². The summed E-state index contributed by atoms with van der Waals surface area (Å²) in [6.07, 6.45) is 0.231. The number of sulfonamides is 1. The maximum absolute atomic E-state index is 11.6. The van der Waals surface area contributed by atoms with Crippen molar-refractivity contribution in [2.75, 3.05) is 18.2 Å². The lowest BCUT2D eigenvalue weighted by Crippen LogP contribution is -2.29. The molecule has 0 aliphatic heterocycles. The van der Waals surface area contributed by atoms with E-state index in [2.05, 4.69) is 10.1 Å². The molecule has 0 saturated carbocycles. The predicted molar refractivity (Wildman–Crippen MR) is 69.4 cm³/mol. The Morgan fingerprint density at radius 2 is 2.00 bits per heavy atom. The summed E-state index contributed by atoms with van der Waals surface area (Å²) in [6.45, 7) is 1.88. The Morgan fingerprint density at radius 1 is 1.32 bits per heavy atom. The summed E-state index contributed by atoms with van der Waals surface area (Å²) in [5.41, 5.74) is 0.444. The molecule has 0 atom stereocenters. The van der Waals surface area contributed by atoms with E-state index >= 15 is 0 Å². The fourth-order valence-corrected chi connectivity index (χ4v) is 1.71. The van der Waals surface area contributed by atoms with Crippen LogP contribution in [0.2, 0.25) is 0 Å². The lowest BCUT2D eigenvalue weighted by Gasteiger charge is -2.07. The highest BCUT2D eigenvalue weighted by Gasteiger charge is 2.12. The molecule has 0 radical (unpaired) electrons. The summed E-state index contributed by atoms with van der Waals surface area (Å²) in [4.78, 5) is 22.8. The molecular weight excluding hydrogens is 272 g/mol. The van der Waals surface area contributed by atoms with Crippen LogP contribution in [-0.2, 0) is 14.8 Å². The fourth-order valence-electron chi connectivity index (χ4n) is 1.25. The van der Waals surface area contributed by atoms with Crippen LogP contribution in [-0.4, -0.2) is 33.3 Å². The largest absolute Gasteiger partial charge is 0.450 e. The van der Waals surface area contributed by atoms with Gasteiger partial charge in [0.05, 0.1) is 12.9 Å². The normalized spacial score (nSPS) is 10.6. The molecule has 7 nitrogen and oxygen atoms in total. The molecule has 0 heterocycles. The summed E-state index contributed by atoms with van der Waals surface area (Å²) in [6, 6.07) is 5.83. The Balaban J connectivity index is 2.82. The van der Waals surface area contributed by atoms with Gasteiger partial charge in [0.1, 0.15) is 0 Å². The van der Waals surface area contributed by atoms with Crippen molar-refractivity contribution in [3.63, 3.8) is 0 Å². The van der Waals surface area contributed by atoms with Gasteiger partial charge in [-0.05, 0) is 25.1 Å². The average molecular weight is 286 g/mol. The number of amides is 2. The molecule has 0 spiro atoms. The second kappa shape index (κ2) is 6.19. The molecule has 0 saturated heterocycles. The van der Waals surface area contributed by atoms with Gasteiger partial charge in [-0.2, -0.15) is 0 Å². The topological polar surface area (TPSA) is 102 Å². The van der Waals surface area contributed by atoms with E-state index in [-0.39, 0.29) is 12.2 Å². The van der Waals surface area contributed by atoms with E-state index in [0.29, 0.717) is 5.69 Å². The molecule has 2 N–H and O–H groups in total. The Morgan fingerprint density at radius 3 is 2.58 bits per heavy atom. The van der Waals surface area contributed by atoms with Gasteiger partial charge in [-0.15, -0.1) is 0 Å². The predicted octanol–water partition coefficient (Wildman–Crippen LogP) is 0.944. The van der Waals surface area contributed by atoms with E-state index in [0.717, 1.165) is 6.26 Å². The van der Waals surface area contributed by atoms with Crippen LogP contribution in [0.3, 0.4) is 0 Å². The zero-order valence-corrected chi connectivity index (χ0v) is 11.3. The van der Waals surface area contributed by atoms with Crippen molar-refractivity contribution >= 4 is 27.7 Å². The van der Waals surface area contributed by atoms with Crippen LogP contribution in [0, 0.1) is 0 Å². The number of ether oxygens (including phenoxy) is 1. The molecule has 0 bridgehead atoms. The Bertz CT molecular complexity index is 583. The molecule has 19 heavy (non-hydrogen) atoms. The first-order valence-corrected chi connectivity index (χ1v) is 7.27. The molecule has 2 amide bonds. The molecule has 0 aliphatic rings. The molecule has 1 aromatic carbocycles. The first-order chi connectivity index (χ1) is 8.81. The Hall–Kier alpha value is -2.09. The van der Waals surface area contributed by atoms with Gasteiger partial charge in [0.15, 0.2) is 0 Å². The summed E-state index contributed by atoms with van der Waals surface area (Å²) >= 11 is 0. The molecule has 1 rings (SSSR count). The number of carbonyl (C=O) groups is 2. The van der Waals surface area contributed by atoms with Gasteiger partial charge in [0.2, 0.25) is 10.0 Å². The minimum absolute atomic E-state index is 0.111. The standard InChI is InChI=1S/C11H14N2O5S/c1-3-18-11(15)12-9-6-4-5-8(7-9)10(14)13-19(2,16)17/h4-7H,3H2,1-2H3,(H,12,15)(H,13,14). The number of nitrogens with one attached hydrogen (secondary N) is 2. The van der Waals surface area contributed by atoms with Crippen LogP contribution in [0.1, 0.15) is 17.3 Å². The van der Waals surface area contributed by atoms with E-state index < -0.39 is 22.0 Å². The minimum atomic E-state index is -3.63. The van der Waals surface area contributed by atoms with Gasteiger partial charge in [0.25, 0.3) is 5.91 Å². The van der Waals surface area contributed by atoms with Crippen molar-refractivity contribution in [2.45, 2.75) is 6.92 Å². The quantitative estimate of drug-likeness (QED) is 0.857. The second-order valence-electron chi connectivity index (χ2n) is 3.63. The average Bonchev–Trinajstić information content (AvgIpc) is 2.27. The summed E-state index contributed by atoms with van der Waals surface area (Å²) < 4.78 is 28.4. The third kappa shape index (κ3) is 5.38. The zero-order chi connectivity index (χ0) is 14.5. The van der Waals surface area contributed by atoms with Gasteiger partial charge < -0.3 is 4.74 Å². The van der Waals surface area contributed by atoms with Gasteiger partial charge in [-0.3, -0.25) is 10.1 Å². The zero-order valence-electron chi connectivity index (χ0n) is 10.5. The number of carbonyl (C=O) groups excluding carboxylic acids is 2. The van der Waals surface area contributed by atoms with Crippen molar-refractivity contribution in [3.8, 4) is 0 Å². The third-order valence-electron chi connectivity index (χ3n) is 1.92. The van der Waals surface area contributed by atoms with Crippen molar-refractivity contribution in [3.05, 3.63) is 29.8 Å². The van der Waals surface area contributed by atoms with Crippen LogP contribution in [0.5, 0.6) is 0 Å². The van der Waals surface area contributed by atoms with E-state index in [9.17, 15) is 18.0 Å². The molecule has 0 aliphatic carbocycles. The van der Waals surface area contributed by atoms with E-state index in [1.54, 1.807) is 13.0 Å². The van der Waals surface area contributed by atoms with Gasteiger partial charge in [-0.1, -0.05) is 6.07 Å². The maximum atomic E-state index is 11.6. The van der Waals surface area contributed by atoms with Crippen molar-refractivity contribution in [1.82, 2.24) is 4.72 Å². The second-order valence-corrected chi connectivity index (χ2v) is 5.38. The van der Waals surface area contributed by atoms with Crippen LogP contribution in [0.25, 0.3) is 0 Å². The van der Waals surface area contributed by atoms with E-state index in [1.807, 2.05) is 4.72 Å². The van der Waals surface area contributed by atoms with Crippen LogP contribution in [0.4, 0.5) is 10.5 Å². The Labute approximate surface area is 111 Å². The molecule has 0 unspecified atom stereocenters. The van der Waals surface area contributed by atoms with Crippen LogP contribution >= 0.6 is 0 Å². The number of hydrogen-bond donors (Lipinski definition) is 2. The first kappa shape index (κ1) is 15.0. The molecule has 0 fully saturated rings. The van der Waals surface area contributed by atoms with Crippen molar-refractivity contribution in [2.24, 2.45) is 0 Å². The number of anilines is 1. The smallest absolute Gasteiger partial charge is 0.411 e. The van der Waals surface area contributed by atoms with Crippen molar-refractivity contribution < 1.29 is 22.7 Å². The van der Waals surface area contributed by atoms with Crippen molar-refractivity contribution in [1.29, 1.82) is 0 Å². The summed E-state index contributed by atoms with van der Waals surface area (Å²) in [7, 11) is -3.63. The SMILES string of the molecule is CCOC(=O)Nc1cccc(C(=O)NS(C)(=O)=O)c1. The molecule has 0 aromatic heterocycles. The van der Waals surface area contributed by atoms with Gasteiger partial charge in [-0.25, -0.2) is 17.9 Å². The fraction of sp³-hybridized carbons (Fsp3) is 0.273. The van der Waals surface area contributed by atoms with E-state index in [1.165, 1.54) is 18.2 Å². The lowest BCUT2D eigenvalue weighted by molar-refractivity contribution is 0.0981. The monoisotopic (exact) mass is 286 g/mol. The highest BCUT2D eigenvalue weighted by Crippen LogP contribution is 2.11. The first-order valence-electron chi connectivity index (χ1n) is 5.38. The third-order valence-corrected chi connectivity index (χ3v) is 2.48. The minimum Gasteiger partial charge on any atom is -0.450 e. The van der Waals surface area contributed by atoms with E-state index in [4.69, 9.17) is 0 Å². The van der Waals surface area contributed by atoms with Crippen LogP contribution in [0.15, 0.2) is 24.3 Å². The highest BCUT2D eigenvalue weighted by atomic mass is 32.2. The molecule has 8 heteroatoms. The summed E-state index contributed by atoms with van der Waals surface area (Å²) in [5.74, 6) is -0.769. The highest BCUT2D eigenvalue weighted by molar-refractivity contribution is 7.89. The Kier molecular flexibility index (Phi) is 4.87. The van der Waals surface area contributed by atoms with Gasteiger partial charge in [0, 0.05) is 11.3 Å². The molecule has 104 valence electrons. The van der Waals surface area contributed by atoms with Crippen LogP contribution < -0.4 is 10.0 Å².